The number of hydrogen-bond acceptors (Lipinski definition) is 4. The summed E-state index contributed by atoms with van der Waals surface area (Å²) in [5.41, 5.74) is 0.890. The second-order valence-electron chi connectivity index (χ2n) is 4.45. The van der Waals surface area contributed by atoms with Gasteiger partial charge in [0.25, 0.3) is 0 Å². The smallest absolute Gasteiger partial charge is 0.387 e. The Hall–Kier alpha value is -2.34. The molecule has 4 nitrogen and oxygen atoms in total. The summed E-state index contributed by atoms with van der Waals surface area (Å²) in [5.74, 6) is -0.761. The Morgan fingerprint density at radius 1 is 1.17 bits per heavy atom. The average Bonchev–Trinajstić information content (AvgIpc) is 2.52. The van der Waals surface area contributed by atoms with Crippen LogP contribution in [-0.4, -0.2) is 19.7 Å². The molecule has 0 aromatic heterocycles. The van der Waals surface area contributed by atoms with Crippen molar-refractivity contribution in [2.24, 2.45) is 0 Å². The third-order valence-electron chi connectivity index (χ3n) is 2.87. The van der Waals surface area contributed by atoms with Crippen molar-refractivity contribution in [2.45, 2.75) is 13.2 Å². The lowest BCUT2D eigenvalue weighted by Gasteiger charge is -2.11. The van der Waals surface area contributed by atoms with E-state index in [0.717, 1.165) is 5.56 Å². The number of carbonyl (C=O) groups is 1. The highest BCUT2D eigenvalue weighted by Crippen LogP contribution is 2.29. The van der Waals surface area contributed by atoms with E-state index >= 15 is 0 Å². The summed E-state index contributed by atoms with van der Waals surface area (Å²) in [7, 11) is 1.29. The molecular weight excluding hydrogens is 330 g/mol. The molecule has 0 unspecified atom stereocenters. The Kier molecular flexibility index (Phi) is 5.76. The van der Waals surface area contributed by atoms with Gasteiger partial charge in [-0.05, 0) is 35.9 Å². The first-order valence-electron chi connectivity index (χ1n) is 6.54. The number of carbonyl (C=O) groups excluding carboxylic acids is 1. The van der Waals surface area contributed by atoms with Gasteiger partial charge in [0.1, 0.15) is 6.61 Å². The molecule has 0 saturated heterocycles. The zero-order chi connectivity index (χ0) is 16.8. The van der Waals surface area contributed by atoms with E-state index in [2.05, 4.69) is 4.74 Å². The van der Waals surface area contributed by atoms with Gasteiger partial charge in [-0.2, -0.15) is 8.78 Å². The average molecular weight is 343 g/mol. The lowest BCUT2D eigenvalue weighted by atomic mass is 10.2. The van der Waals surface area contributed by atoms with Crippen molar-refractivity contribution in [2.75, 3.05) is 7.11 Å². The van der Waals surface area contributed by atoms with Crippen LogP contribution in [0.25, 0.3) is 0 Å². The Labute approximate surface area is 136 Å². The van der Waals surface area contributed by atoms with Gasteiger partial charge < -0.3 is 14.2 Å². The Morgan fingerprint density at radius 3 is 2.61 bits per heavy atom. The maximum atomic E-state index is 12.3. The van der Waals surface area contributed by atoms with Crippen molar-refractivity contribution >= 4 is 17.6 Å². The molecule has 23 heavy (non-hydrogen) atoms. The summed E-state index contributed by atoms with van der Waals surface area (Å²) >= 11 is 5.84. The predicted molar refractivity (Wildman–Crippen MR) is 80.2 cm³/mol. The molecule has 0 spiro atoms. The van der Waals surface area contributed by atoms with Gasteiger partial charge in [-0.15, -0.1) is 0 Å². The van der Waals surface area contributed by atoms with E-state index in [1.54, 1.807) is 24.3 Å². The normalized spacial score (nSPS) is 10.5. The lowest BCUT2D eigenvalue weighted by molar-refractivity contribution is -0.0512. The van der Waals surface area contributed by atoms with Crippen LogP contribution in [0.5, 0.6) is 11.5 Å². The molecule has 0 N–H and O–H groups in total. The quantitative estimate of drug-likeness (QED) is 0.734. The van der Waals surface area contributed by atoms with E-state index in [-0.39, 0.29) is 23.7 Å². The van der Waals surface area contributed by atoms with Crippen molar-refractivity contribution in [1.29, 1.82) is 0 Å². The number of esters is 1. The van der Waals surface area contributed by atoms with Gasteiger partial charge in [-0.3, -0.25) is 0 Å². The molecule has 0 heterocycles. The van der Waals surface area contributed by atoms with E-state index in [1.165, 1.54) is 25.3 Å². The molecule has 2 aromatic carbocycles. The van der Waals surface area contributed by atoms with Crippen LogP contribution in [0, 0.1) is 0 Å². The molecule has 0 radical (unpaired) electrons. The van der Waals surface area contributed by atoms with Crippen molar-refractivity contribution in [3.8, 4) is 11.5 Å². The van der Waals surface area contributed by atoms with Crippen LogP contribution in [0.3, 0.4) is 0 Å². The standard InChI is InChI=1S/C16H13ClF2O4/c1-21-14-8-11(5-6-13(14)23-16(18)19)15(20)22-9-10-3-2-4-12(17)7-10/h2-8,16H,9H2,1H3. The molecule has 0 fully saturated rings. The van der Waals surface area contributed by atoms with Crippen LogP contribution in [0.2, 0.25) is 5.02 Å². The van der Waals surface area contributed by atoms with Gasteiger partial charge in [0.2, 0.25) is 0 Å². The van der Waals surface area contributed by atoms with Gasteiger partial charge in [0.05, 0.1) is 12.7 Å². The summed E-state index contributed by atoms with van der Waals surface area (Å²) in [6.45, 7) is -2.94. The fourth-order valence-electron chi connectivity index (χ4n) is 1.85. The highest BCUT2D eigenvalue weighted by atomic mass is 35.5. The Balaban J connectivity index is 2.07. The molecule has 0 amide bonds. The van der Waals surface area contributed by atoms with Crippen molar-refractivity contribution in [3.63, 3.8) is 0 Å². The number of hydrogen-bond donors (Lipinski definition) is 0. The van der Waals surface area contributed by atoms with E-state index in [1.807, 2.05) is 0 Å². The molecule has 0 atom stereocenters. The predicted octanol–water partition coefficient (Wildman–Crippen LogP) is 4.31. The Morgan fingerprint density at radius 2 is 1.96 bits per heavy atom. The fourth-order valence-corrected chi connectivity index (χ4v) is 2.06. The van der Waals surface area contributed by atoms with Gasteiger partial charge >= 0.3 is 12.6 Å². The molecule has 2 rings (SSSR count). The second kappa shape index (κ2) is 7.78. The second-order valence-corrected chi connectivity index (χ2v) is 4.89. The minimum absolute atomic E-state index is 0.0162. The molecule has 0 bridgehead atoms. The SMILES string of the molecule is COc1cc(C(=O)OCc2cccc(Cl)c2)ccc1OC(F)F. The monoisotopic (exact) mass is 342 g/mol. The topological polar surface area (TPSA) is 44.8 Å². The highest BCUT2D eigenvalue weighted by molar-refractivity contribution is 6.30. The van der Waals surface area contributed by atoms with Gasteiger partial charge in [0, 0.05) is 5.02 Å². The number of rotatable bonds is 6. The summed E-state index contributed by atoms with van der Waals surface area (Å²) in [4.78, 5) is 12.0. The van der Waals surface area contributed by atoms with Gasteiger partial charge in [-0.25, -0.2) is 4.79 Å². The van der Waals surface area contributed by atoms with Crippen molar-refractivity contribution < 1.29 is 27.8 Å². The number of ether oxygens (including phenoxy) is 3. The molecule has 0 aliphatic carbocycles. The van der Waals surface area contributed by atoms with E-state index in [4.69, 9.17) is 21.1 Å². The van der Waals surface area contributed by atoms with Crippen LogP contribution in [0.1, 0.15) is 15.9 Å². The first-order chi connectivity index (χ1) is 11.0. The van der Waals surface area contributed by atoms with Crippen LogP contribution < -0.4 is 9.47 Å². The van der Waals surface area contributed by atoms with Gasteiger partial charge in [0.15, 0.2) is 11.5 Å². The maximum Gasteiger partial charge on any atom is 0.387 e. The van der Waals surface area contributed by atoms with Crippen molar-refractivity contribution in [3.05, 3.63) is 58.6 Å². The highest BCUT2D eigenvalue weighted by Gasteiger charge is 2.15. The number of halogens is 3. The van der Waals surface area contributed by atoms with Crippen LogP contribution in [-0.2, 0) is 11.3 Å². The molecule has 7 heteroatoms. The van der Waals surface area contributed by atoms with Crippen LogP contribution >= 0.6 is 11.6 Å². The molecule has 0 saturated carbocycles. The number of alkyl halides is 2. The van der Waals surface area contributed by atoms with Crippen molar-refractivity contribution in [1.82, 2.24) is 0 Å². The minimum Gasteiger partial charge on any atom is -0.493 e. The molecule has 2 aromatic rings. The number of benzene rings is 2. The van der Waals surface area contributed by atoms with Crippen LogP contribution in [0.4, 0.5) is 8.78 Å². The summed E-state index contributed by atoms with van der Waals surface area (Å²) < 4.78 is 38.9. The zero-order valence-corrected chi connectivity index (χ0v) is 12.8. The number of methoxy groups -OCH3 is 1. The van der Waals surface area contributed by atoms with Crippen LogP contribution in [0.15, 0.2) is 42.5 Å². The largest absolute Gasteiger partial charge is 0.493 e. The maximum absolute atomic E-state index is 12.3. The summed E-state index contributed by atoms with van der Waals surface area (Å²) in [6, 6.07) is 10.7. The molecular formula is C16H13ClF2O4. The van der Waals surface area contributed by atoms with E-state index < -0.39 is 12.6 Å². The molecule has 0 aliphatic heterocycles. The third kappa shape index (κ3) is 4.82. The molecule has 0 aliphatic rings. The van der Waals surface area contributed by atoms with E-state index in [9.17, 15) is 13.6 Å². The van der Waals surface area contributed by atoms with Gasteiger partial charge in [-0.1, -0.05) is 23.7 Å². The Bertz CT molecular complexity index is 692. The lowest BCUT2D eigenvalue weighted by Crippen LogP contribution is -2.07. The van der Waals surface area contributed by atoms with E-state index in [0.29, 0.717) is 5.02 Å². The molecule has 122 valence electrons. The zero-order valence-electron chi connectivity index (χ0n) is 12.1. The summed E-state index contributed by atoms with van der Waals surface area (Å²) in [5, 5.41) is 0.536. The fraction of sp³-hybridized carbons (Fsp3) is 0.188. The minimum atomic E-state index is -2.98. The third-order valence-corrected chi connectivity index (χ3v) is 3.11. The summed E-state index contributed by atoms with van der Waals surface area (Å²) in [6.07, 6.45) is 0. The first-order valence-corrected chi connectivity index (χ1v) is 6.92. The first kappa shape index (κ1) is 17.0.